The molecule has 0 aliphatic rings. The number of aldehydes is 1. The molecule has 0 saturated carbocycles. The minimum Gasteiger partial charge on any atom is -0.298 e. The third-order valence-electron chi connectivity index (χ3n) is 1.53. The first-order chi connectivity index (χ1) is 6.97. The molecule has 1 heterocycles. The van der Waals surface area contributed by atoms with Crippen molar-refractivity contribution in [2.24, 2.45) is 0 Å². The van der Waals surface area contributed by atoms with Crippen molar-refractivity contribution in [1.29, 1.82) is 0 Å². The normalized spacial score (nSPS) is 10.4. The minimum absolute atomic E-state index is 0.0746. The Kier molecular flexibility index (Phi) is 2.98. The van der Waals surface area contributed by atoms with Crippen molar-refractivity contribution in [3.63, 3.8) is 0 Å². The molecule has 1 aromatic rings. The van der Waals surface area contributed by atoms with Gasteiger partial charge in [0.1, 0.15) is 0 Å². The van der Waals surface area contributed by atoms with Crippen LogP contribution in [0.25, 0.3) is 0 Å². The number of hydrogen-bond donors (Lipinski definition) is 0. The fourth-order valence-electron chi connectivity index (χ4n) is 0.986. The van der Waals surface area contributed by atoms with E-state index < -0.39 is 34.2 Å². The lowest BCUT2D eigenvalue weighted by Crippen LogP contribution is -2.05. The van der Waals surface area contributed by atoms with E-state index in [0.29, 0.717) is 6.07 Å². The summed E-state index contributed by atoms with van der Waals surface area (Å²) in [6.45, 7) is 0. The van der Waals surface area contributed by atoms with Crippen LogP contribution in [0.4, 0.5) is 18.9 Å². The number of hydrogen-bond acceptors (Lipinski definition) is 4. The van der Waals surface area contributed by atoms with Gasteiger partial charge in [-0.15, -0.1) is 0 Å². The van der Waals surface area contributed by atoms with Crippen molar-refractivity contribution < 1.29 is 22.9 Å². The number of pyridine rings is 1. The van der Waals surface area contributed by atoms with Crippen molar-refractivity contribution in [2.45, 2.75) is 6.43 Å². The molecule has 0 aromatic carbocycles. The highest BCUT2D eigenvalue weighted by Crippen LogP contribution is 2.29. The maximum absolute atomic E-state index is 12.6. The van der Waals surface area contributed by atoms with E-state index in [4.69, 9.17) is 0 Å². The maximum Gasteiger partial charge on any atom is 0.307 e. The molecule has 0 radical (unpaired) electrons. The van der Waals surface area contributed by atoms with Crippen molar-refractivity contribution in [3.8, 4) is 0 Å². The largest absolute Gasteiger partial charge is 0.307 e. The average Bonchev–Trinajstić information content (AvgIpc) is 2.15. The van der Waals surface area contributed by atoms with Crippen LogP contribution in [0.2, 0.25) is 0 Å². The van der Waals surface area contributed by atoms with E-state index in [1.54, 1.807) is 0 Å². The lowest BCUT2D eigenvalue weighted by atomic mass is 10.2. The molecule has 15 heavy (non-hydrogen) atoms. The number of alkyl halides is 2. The van der Waals surface area contributed by atoms with Crippen LogP contribution in [0.5, 0.6) is 0 Å². The van der Waals surface area contributed by atoms with E-state index >= 15 is 0 Å². The summed E-state index contributed by atoms with van der Waals surface area (Å²) in [5.74, 6) is -1.36. The van der Waals surface area contributed by atoms with Crippen molar-refractivity contribution in [2.75, 3.05) is 0 Å². The van der Waals surface area contributed by atoms with Gasteiger partial charge in [0.05, 0.1) is 10.5 Å². The Bertz CT molecular complexity index is 422. The average molecular weight is 220 g/mol. The van der Waals surface area contributed by atoms with Crippen LogP contribution in [-0.4, -0.2) is 16.2 Å². The molecule has 0 spiro atoms. The molecular weight excluding hydrogens is 217 g/mol. The second-order valence-electron chi connectivity index (χ2n) is 2.44. The van der Waals surface area contributed by atoms with Gasteiger partial charge in [0, 0.05) is 6.07 Å². The Morgan fingerprint density at radius 2 is 2.13 bits per heavy atom. The van der Waals surface area contributed by atoms with Crippen LogP contribution in [-0.2, 0) is 0 Å². The Hall–Kier alpha value is -1.99. The molecule has 0 bridgehead atoms. The second-order valence-corrected chi connectivity index (χ2v) is 2.44. The topological polar surface area (TPSA) is 73.1 Å². The summed E-state index contributed by atoms with van der Waals surface area (Å²) < 4.78 is 37.1. The third kappa shape index (κ3) is 2.09. The highest BCUT2D eigenvalue weighted by Gasteiger charge is 2.28. The maximum atomic E-state index is 12.6. The predicted octanol–water partition coefficient (Wildman–Crippen LogP) is 1.88. The number of halogens is 3. The zero-order valence-corrected chi connectivity index (χ0v) is 6.99. The number of aromatic nitrogens is 1. The highest BCUT2D eigenvalue weighted by atomic mass is 19.3. The Balaban J connectivity index is 3.54. The lowest BCUT2D eigenvalue weighted by Gasteiger charge is -2.02. The zero-order valence-electron chi connectivity index (χ0n) is 6.99. The molecule has 0 unspecified atom stereocenters. The summed E-state index contributed by atoms with van der Waals surface area (Å²) in [6, 6.07) is 0.428. The van der Waals surface area contributed by atoms with E-state index in [1.807, 2.05) is 0 Å². The Morgan fingerprint density at radius 3 is 2.53 bits per heavy atom. The van der Waals surface area contributed by atoms with Crippen LogP contribution < -0.4 is 0 Å². The summed E-state index contributed by atoms with van der Waals surface area (Å²) in [5, 5.41) is 10.4. The zero-order chi connectivity index (χ0) is 11.6. The number of rotatable bonds is 3. The van der Waals surface area contributed by atoms with E-state index in [-0.39, 0.29) is 6.29 Å². The summed E-state index contributed by atoms with van der Waals surface area (Å²) in [4.78, 5) is 22.2. The molecule has 80 valence electrons. The summed E-state index contributed by atoms with van der Waals surface area (Å²) in [5.41, 5.74) is -3.27. The fourth-order valence-corrected chi connectivity index (χ4v) is 0.986. The first-order valence-electron chi connectivity index (χ1n) is 3.55. The van der Waals surface area contributed by atoms with E-state index in [9.17, 15) is 28.1 Å². The van der Waals surface area contributed by atoms with Gasteiger partial charge in [0.2, 0.25) is 5.95 Å². The van der Waals surface area contributed by atoms with Gasteiger partial charge in [-0.1, -0.05) is 0 Å². The first-order valence-corrected chi connectivity index (χ1v) is 3.55. The van der Waals surface area contributed by atoms with Gasteiger partial charge in [-0.2, -0.15) is 4.39 Å². The monoisotopic (exact) mass is 220 g/mol. The van der Waals surface area contributed by atoms with Crippen LogP contribution in [0, 0.1) is 16.1 Å². The molecular formula is C7H3F3N2O3. The number of carbonyl (C=O) groups excluding carboxylic acids is 1. The predicted molar refractivity (Wildman–Crippen MR) is 41.2 cm³/mol. The Labute approximate surface area is 80.7 Å². The number of nitrogens with zero attached hydrogens (tertiary/aromatic N) is 2. The molecule has 0 N–H and O–H groups in total. The van der Waals surface area contributed by atoms with Gasteiger partial charge in [-0.3, -0.25) is 14.9 Å². The molecule has 0 aliphatic carbocycles. The summed E-state index contributed by atoms with van der Waals surface area (Å²) in [6.07, 6.45) is -3.39. The molecule has 0 aliphatic heterocycles. The SMILES string of the molecule is O=Cc1cc(F)nc(C(F)F)c1[N+](=O)[O-]. The van der Waals surface area contributed by atoms with E-state index in [2.05, 4.69) is 4.98 Å². The van der Waals surface area contributed by atoms with Crippen LogP contribution in [0.3, 0.4) is 0 Å². The third-order valence-corrected chi connectivity index (χ3v) is 1.53. The first kappa shape index (κ1) is 11.1. The van der Waals surface area contributed by atoms with Gasteiger partial charge in [0.25, 0.3) is 6.43 Å². The van der Waals surface area contributed by atoms with Gasteiger partial charge < -0.3 is 0 Å². The molecule has 0 atom stereocenters. The molecule has 1 aromatic heterocycles. The highest BCUT2D eigenvalue weighted by molar-refractivity contribution is 5.81. The molecule has 0 amide bonds. The van der Waals surface area contributed by atoms with Gasteiger partial charge in [-0.05, 0) is 0 Å². The fraction of sp³-hybridized carbons (Fsp3) is 0.143. The van der Waals surface area contributed by atoms with Crippen molar-refractivity contribution in [3.05, 3.63) is 33.4 Å². The van der Waals surface area contributed by atoms with Crippen LogP contribution in [0.15, 0.2) is 6.07 Å². The molecule has 1 rings (SSSR count). The Morgan fingerprint density at radius 1 is 1.53 bits per heavy atom. The van der Waals surface area contributed by atoms with Gasteiger partial charge in [0.15, 0.2) is 12.0 Å². The lowest BCUT2D eigenvalue weighted by molar-refractivity contribution is -0.386. The van der Waals surface area contributed by atoms with Crippen molar-refractivity contribution in [1.82, 2.24) is 4.98 Å². The smallest absolute Gasteiger partial charge is 0.298 e. The second kappa shape index (κ2) is 4.03. The molecule has 0 saturated heterocycles. The van der Waals surface area contributed by atoms with Gasteiger partial charge >= 0.3 is 5.69 Å². The van der Waals surface area contributed by atoms with Crippen LogP contribution in [0.1, 0.15) is 22.5 Å². The number of nitro groups is 1. The summed E-state index contributed by atoms with van der Waals surface area (Å²) in [7, 11) is 0. The van der Waals surface area contributed by atoms with Gasteiger partial charge in [-0.25, -0.2) is 13.8 Å². The van der Waals surface area contributed by atoms with Crippen molar-refractivity contribution >= 4 is 12.0 Å². The van der Waals surface area contributed by atoms with E-state index in [0.717, 1.165) is 0 Å². The molecule has 5 nitrogen and oxygen atoms in total. The number of carbonyl (C=O) groups is 1. The van der Waals surface area contributed by atoms with Crippen LogP contribution >= 0.6 is 0 Å². The quantitative estimate of drug-likeness (QED) is 0.337. The van der Waals surface area contributed by atoms with E-state index in [1.165, 1.54) is 0 Å². The standard InChI is InChI=1S/C7H3F3N2O3/c8-4-1-3(2-13)6(12(14)15)5(11-4)7(9)10/h1-2,7H. The minimum atomic E-state index is -3.32. The molecule has 8 heteroatoms. The molecule has 0 fully saturated rings. The summed E-state index contributed by atoms with van der Waals surface area (Å²) >= 11 is 0.